The van der Waals surface area contributed by atoms with Gasteiger partial charge in [-0.15, -0.1) is 0 Å². The molecule has 0 aliphatic rings. The van der Waals surface area contributed by atoms with Crippen molar-refractivity contribution in [1.29, 1.82) is 0 Å². The van der Waals surface area contributed by atoms with Crippen molar-refractivity contribution in [2.45, 2.75) is 6.54 Å². The maximum Gasteiger partial charge on any atom is 0.420 e. The van der Waals surface area contributed by atoms with Gasteiger partial charge in [-0.25, -0.2) is 4.79 Å². The van der Waals surface area contributed by atoms with E-state index in [1.54, 1.807) is 22.8 Å². The van der Waals surface area contributed by atoms with E-state index in [0.29, 0.717) is 22.2 Å². The number of benzene rings is 2. The van der Waals surface area contributed by atoms with Gasteiger partial charge in [-0.2, -0.15) is 0 Å². The van der Waals surface area contributed by atoms with E-state index in [1.165, 1.54) is 0 Å². The normalized spacial score (nSPS) is 11.2. The van der Waals surface area contributed by atoms with E-state index < -0.39 is 0 Å². The molecule has 1 heterocycles. The minimum Gasteiger partial charge on any atom is -0.408 e. The first kappa shape index (κ1) is 14.0. The lowest BCUT2D eigenvalue weighted by Gasteiger charge is -2.04. The smallest absolute Gasteiger partial charge is 0.408 e. The van der Waals surface area contributed by atoms with Crippen molar-refractivity contribution in [3.63, 3.8) is 0 Å². The van der Waals surface area contributed by atoms with E-state index >= 15 is 0 Å². The minimum atomic E-state index is -0.381. The van der Waals surface area contributed by atoms with Crippen LogP contribution in [0.4, 0.5) is 0 Å². The molecule has 6 heteroatoms. The van der Waals surface area contributed by atoms with Crippen LogP contribution in [0.3, 0.4) is 0 Å². The zero-order chi connectivity index (χ0) is 14.3. The molecule has 2 aromatic carbocycles. The third-order valence-corrected chi connectivity index (χ3v) is 4.36. The number of oxazole rings is 1. The summed E-state index contributed by atoms with van der Waals surface area (Å²) in [5, 5.41) is 0.967. The topological polar surface area (TPSA) is 35.1 Å². The van der Waals surface area contributed by atoms with Crippen molar-refractivity contribution < 1.29 is 4.42 Å². The number of nitrogens with zero attached hydrogens (tertiary/aromatic N) is 1. The van der Waals surface area contributed by atoms with Crippen molar-refractivity contribution in [2.75, 3.05) is 0 Å². The molecule has 3 rings (SSSR count). The fraction of sp³-hybridized carbons (Fsp3) is 0.0714. The van der Waals surface area contributed by atoms with E-state index in [0.717, 1.165) is 14.7 Å². The van der Waals surface area contributed by atoms with Crippen LogP contribution in [0.1, 0.15) is 5.56 Å². The van der Waals surface area contributed by atoms with Crippen molar-refractivity contribution in [2.24, 2.45) is 0 Å². The molecule has 102 valence electrons. The Morgan fingerprint density at radius 1 is 1.10 bits per heavy atom. The summed E-state index contributed by atoms with van der Waals surface area (Å²) < 4.78 is 7.85. The zero-order valence-electron chi connectivity index (χ0n) is 10.1. The molecule has 3 nitrogen and oxygen atoms in total. The van der Waals surface area contributed by atoms with Gasteiger partial charge in [-0.05, 0) is 58.5 Å². The Bertz CT molecular complexity index is 854. The summed E-state index contributed by atoms with van der Waals surface area (Å²) in [6.45, 7) is 0.392. The average Bonchev–Trinajstić information content (AvgIpc) is 2.70. The Labute approximate surface area is 138 Å². The van der Waals surface area contributed by atoms with Crippen LogP contribution < -0.4 is 5.76 Å². The molecule has 0 saturated heterocycles. The Kier molecular flexibility index (Phi) is 3.79. The third kappa shape index (κ3) is 2.60. The van der Waals surface area contributed by atoms with Gasteiger partial charge in [0.15, 0.2) is 5.58 Å². The molecule has 0 unspecified atom stereocenters. The molecular weight excluding hydrogens is 412 g/mol. The predicted octanol–water partition coefficient (Wildman–Crippen LogP) is 4.55. The maximum atomic E-state index is 11.9. The van der Waals surface area contributed by atoms with Gasteiger partial charge in [0.1, 0.15) is 0 Å². The second kappa shape index (κ2) is 5.42. The minimum absolute atomic E-state index is 0.381. The largest absolute Gasteiger partial charge is 0.420 e. The molecule has 0 bridgehead atoms. The number of rotatable bonds is 2. The summed E-state index contributed by atoms with van der Waals surface area (Å²) in [4.78, 5) is 11.9. The molecule has 0 atom stereocenters. The molecule has 0 saturated carbocycles. The van der Waals surface area contributed by atoms with Gasteiger partial charge in [-0.1, -0.05) is 29.3 Å². The number of fused-ring (bicyclic) bond motifs is 1. The first-order valence-electron chi connectivity index (χ1n) is 5.77. The van der Waals surface area contributed by atoms with Crippen LogP contribution in [-0.2, 0) is 6.54 Å². The van der Waals surface area contributed by atoms with Crippen LogP contribution in [0.15, 0.2) is 45.6 Å². The van der Waals surface area contributed by atoms with Crippen LogP contribution in [0.2, 0.25) is 10.0 Å². The van der Waals surface area contributed by atoms with Crippen LogP contribution in [-0.4, -0.2) is 4.57 Å². The van der Waals surface area contributed by atoms with Crippen LogP contribution in [0.25, 0.3) is 11.1 Å². The molecular formula is C14H8Cl2INO2. The summed E-state index contributed by atoms with van der Waals surface area (Å²) in [5.74, 6) is -0.381. The van der Waals surface area contributed by atoms with Crippen molar-refractivity contribution in [3.05, 3.63) is 66.1 Å². The lowest BCUT2D eigenvalue weighted by molar-refractivity contribution is 0.517. The second-order valence-corrected chi connectivity index (χ2v) is 6.37. The van der Waals surface area contributed by atoms with Gasteiger partial charge in [-0.3, -0.25) is 4.57 Å². The molecule has 0 radical (unpaired) electrons. The van der Waals surface area contributed by atoms with Gasteiger partial charge in [0.25, 0.3) is 0 Å². The Balaban J connectivity index is 2.10. The van der Waals surface area contributed by atoms with Crippen molar-refractivity contribution >= 4 is 56.9 Å². The Morgan fingerprint density at radius 2 is 1.90 bits per heavy atom. The van der Waals surface area contributed by atoms with E-state index in [9.17, 15) is 4.79 Å². The number of aromatic nitrogens is 1. The molecule has 0 N–H and O–H groups in total. The van der Waals surface area contributed by atoms with Crippen LogP contribution in [0, 0.1) is 3.57 Å². The third-order valence-electron chi connectivity index (χ3n) is 2.95. The molecule has 0 spiro atoms. The van der Waals surface area contributed by atoms with Gasteiger partial charge in [0, 0.05) is 3.57 Å². The summed E-state index contributed by atoms with van der Waals surface area (Å²) in [6.07, 6.45) is 0. The summed E-state index contributed by atoms with van der Waals surface area (Å²) in [7, 11) is 0. The summed E-state index contributed by atoms with van der Waals surface area (Å²) in [6, 6.07) is 10.9. The monoisotopic (exact) mass is 419 g/mol. The van der Waals surface area contributed by atoms with E-state index in [2.05, 4.69) is 22.6 Å². The summed E-state index contributed by atoms with van der Waals surface area (Å²) in [5.41, 5.74) is 2.24. The van der Waals surface area contributed by atoms with Gasteiger partial charge in [0.05, 0.1) is 22.1 Å². The van der Waals surface area contributed by atoms with E-state index in [1.807, 2.05) is 18.2 Å². The van der Waals surface area contributed by atoms with Crippen molar-refractivity contribution in [1.82, 2.24) is 4.57 Å². The molecule has 3 aromatic rings. The first-order chi connectivity index (χ1) is 9.54. The van der Waals surface area contributed by atoms with E-state index in [-0.39, 0.29) is 5.76 Å². The second-order valence-electron chi connectivity index (χ2n) is 4.31. The molecule has 0 aliphatic heterocycles. The van der Waals surface area contributed by atoms with Crippen molar-refractivity contribution in [3.8, 4) is 0 Å². The maximum absolute atomic E-state index is 11.9. The Morgan fingerprint density at radius 3 is 2.65 bits per heavy atom. The highest BCUT2D eigenvalue weighted by atomic mass is 127. The highest BCUT2D eigenvalue weighted by Crippen LogP contribution is 2.24. The highest BCUT2D eigenvalue weighted by Gasteiger charge is 2.10. The predicted molar refractivity (Wildman–Crippen MR) is 88.8 cm³/mol. The molecule has 1 aromatic heterocycles. The SMILES string of the molecule is O=c1oc2ccc(I)cc2n1Cc1ccc(Cl)c(Cl)c1. The standard InChI is InChI=1S/C14H8Cl2INO2/c15-10-3-1-8(5-11(10)16)7-18-12-6-9(17)2-4-13(12)20-14(18)19/h1-6H,7H2. The molecule has 0 aliphatic carbocycles. The quantitative estimate of drug-likeness (QED) is 0.571. The molecule has 20 heavy (non-hydrogen) atoms. The van der Waals surface area contributed by atoms with E-state index in [4.69, 9.17) is 27.6 Å². The highest BCUT2D eigenvalue weighted by molar-refractivity contribution is 14.1. The Hall–Kier alpha value is -0.980. The lowest BCUT2D eigenvalue weighted by Crippen LogP contribution is -2.14. The molecule has 0 fully saturated rings. The first-order valence-corrected chi connectivity index (χ1v) is 7.61. The summed E-state index contributed by atoms with van der Waals surface area (Å²) >= 11 is 14.1. The van der Waals surface area contributed by atoms with Crippen LogP contribution >= 0.6 is 45.8 Å². The van der Waals surface area contributed by atoms with Crippen LogP contribution in [0.5, 0.6) is 0 Å². The van der Waals surface area contributed by atoms with Gasteiger partial charge < -0.3 is 4.42 Å². The average molecular weight is 420 g/mol. The number of hydrogen-bond donors (Lipinski definition) is 0. The zero-order valence-corrected chi connectivity index (χ0v) is 13.7. The fourth-order valence-electron chi connectivity index (χ4n) is 2.01. The number of halogens is 3. The fourth-order valence-corrected chi connectivity index (χ4v) is 2.80. The lowest BCUT2D eigenvalue weighted by atomic mass is 10.2. The van der Waals surface area contributed by atoms with Gasteiger partial charge >= 0.3 is 5.76 Å². The molecule has 0 amide bonds. The van der Waals surface area contributed by atoms with Gasteiger partial charge in [0.2, 0.25) is 0 Å². The number of hydrogen-bond acceptors (Lipinski definition) is 2.